The van der Waals surface area contributed by atoms with Crippen molar-refractivity contribution in [2.45, 2.75) is 57.8 Å². The first kappa shape index (κ1) is 15.4. The van der Waals surface area contributed by atoms with E-state index in [1.165, 1.54) is 0 Å². The van der Waals surface area contributed by atoms with Crippen LogP contribution in [0.3, 0.4) is 0 Å². The molecule has 1 amide bonds. The number of hydrogen-bond acceptors (Lipinski definition) is 6. The minimum atomic E-state index is 0.191. The van der Waals surface area contributed by atoms with Gasteiger partial charge in [0.1, 0.15) is 6.61 Å². The summed E-state index contributed by atoms with van der Waals surface area (Å²) in [5.41, 5.74) is 0. The SMILES string of the molecule is COCc1nc(CN2CCC[C@@H]2CN(C(C)=O)C2CC2)no1. The van der Waals surface area contributed by atoms with Crippen molar-refractivity contribution in [2.75, 3.05) is 20.2 Å². The molecule has 1 aliphatic carbocycles. The Morgan fingerprint density at radius 3 is 2.95 bits per heavy atom. The number of carbonyl (C=O) groups excluding carboxylic acids is 1. The average Bonchev–Trinajstić information content (AvgIpc) is 3.07. The highest BCUT2D eigenvalue weighted by Gasteiger charge is 2.35. The van der Waals surface area contributed by atoms with Gasteiger partial charge in [0.15, 0.2) is 5.82 Å². The second-order valence-corrected chi connectivity index (χ2v) is 6.21. The predicted molar refractivity (Wildman–Crippen MR) is 78.9 cm³/mol. The lowest BCUT2D eigenvalue weighted by Crippen LogP contribution is -2.43. The summed E-state index contributed by atoms with van der Waals surface area (Å²) in [6.45, 7) is 4.54. The number of aromatic nitrogens is 2. The van der Waals surface area contributed by atoms with Gasteiger partial charge in [0.2, 0.25) is 5.91 Å². The van der Waals surface area contributed by atoms with E-state index in [0.29, 0.717) is 37.0 Å². The van der Waals surface area contributed by atoms with Crippen molar-refractivity contribution in [3.8, 4) is 0 Å². The Morgan fingerprint density at radius 1 is 1.45 bits per heavy atom. The maximum absolute atomic E-state index is 11.8. The van der Waals surface area contributed by atoms with E-state index in [0.717, 1.165) is 38.8 Å². The van der Waals surface area contributed by atoms with Gasteiger partial charge in [-0.25, -0.2) is 0 Å². The van der Waals surface area contributed by atoms with Crippen LogP contribution in [-0.4, -0.2) is 58.1 Å². The molecular formula is C15H24N4O3. The number of hydrogen-bond donors (Lipinski definition) is 0. The van der Waals surface area contributed by atoms with Gasteiger partial charge in [-0.15, -0.1) is 0 Å². The molecule has 0 N–H and O–H groups in total. The summed E-state index contributed by atoms with van der Waals surface area (Å²) >= 11 is 0. The summed E-state index contributed by atoms with van der Waals surface area (Å²) in [7, 11) is 1.61. The molecule has 7 nitrogen and oxygen atoms in total. The quantitative estimate of drug-likeness (QED) is 0.753. The van der Waals surface area contributed by atoms with E-state index in [-0.39, 0.29) is 5.91 Å². The fraction of sp³-hybridized carbons (Fsp3) is 0.800. The van der Waals surface area contributed by atoms with E-state index in [2.05, 4.69) is 15.0 Å². The predicted octanol–water partition coefficient (Wildman–Crippen LogP) is 1.19. The molecule has 0 aromatic carbocycles. The van der Waals surface area contributed by atoms with Gasteiger partial charge in [0, 0.05) is 32.7 Å². The molecule has 3 rings (SSSR count). The fourth-order valence-corrected chi connectivity index (χ4v) is 3.18. The van der Waals surface area contributed by atoms with Crippen molar-refractivity contribution >= 4 is 5.91 Å². The molecule has 22 heavy (non-hydrogen) atoms. The average molecular weight is 308 g/mol. The second-order valence-electron chi connectivity index (χ2n) is 6.21. The van der Waals surface area contributed by atoms with Crippen LogP contribution in [0.2, 0.25) is 0 Å². The zero-order chi connectivity index (χ0) is 15.5. The third-order valence-electron chi connectivity index (χ3n) is 4.42. The number of nitrogens with zero attached hydrogens (tertiary/aromatic N) is 4. The first-order valence-electron chi connectivity index (χ1n) is 7.99. The van der Waals surface area contributed by atoms with Crippen LogP contribution in [0.1, 0.15) is 44.3 Å². The number of ether oxygens (including phenoxy) is 1. The molecule has 1 saturated carbocycles. The van der Waals surface area contributed by atoms with Crippen LogP contribution in [-0.2, 0) is 22.7 Å². The highest BCUT2D eigenvalue weighted by Crippen LogP contribution is 2.29. The molecule has 1 aromatic rings. The minimum absolute atomic E-state index is 0.191. The summed E-state index contributed by atoms with van der Waals surface area (Å²) in [6.07, 6.45) is 4.58. The molecule has 0 radical (unpaired) electrons. The summed E-state index contributed by atoms with van der Waals surface area (Å²) in [6, 6.07) is 0.868. The minimum Gasteiger partial charge on any atom is -0.375 e. The van der Waals surface area contributed by atoms with Crippen molar-refractivity contribution in [2.24, 2.45) is 0 Å². The molecule has 1 aromatic heterocycles. The van der Waals surface area contributed by atoms with Crippen LogP contribution >= 0.6 is 0 Å². The molecule has 2 aliphatic rings. The van der Waals surface area contributed by atoms with Crippen LogP contribution in [0.25, 0.3) is 0 Å². The summed E-state index contributed by atoms with van der Waals surface area (Å²) in [5.74, 6) is 1.40. The smallest absolute Gasteiger partial charge is 0.252 e. The Bertz CT molecular complexity index is 515. The van der Waals surface area contributed by atoms with E-state index in [4.69, 9.17) is 9.26 Å². The number of carbonyl (C=O) groups is 1. The standard InChI is InChI=1S/C15H24N4O3/c1-11(20)19(12-5-6-12)8-13-4-3-7-18(13)9-14-16-15(10-21-2)22-17-14/h12-13H,3-10H2,1-2H3/t13-/m1/s1. The lowest BCUT2D eigenvalue weighted by Gasteiger charge is -2.29. The number of amides is 1. The molecule has 2 fully saturated rings. The van der Waals surface area contributed by atoms with E-state index in [1.54, 1.807) is 14.0 Å². The molecule has 1 saturated heterocycles. The monoisotopic (exact) mass is 308 g/mol. The number of methoxy groups -OCH3 is 1. The number of rotatable bonds is 7. The molecule has 7 heteroatoms. The zero-order valence-electron chi connectivity index (χ0n) is 13.3. The number of likely N-dealkylation sites (tertiary alicyclic amines) is 1. The Labute approximate surface area is 130 Å². The lowest BCUT2D eigenvalue weighted by atomic mass is 10.2. The maximum atomic E-state index is 11.8. The van der Waals surface area contributed by atoms with Gasteiger partial charge in [-0.3, -0.25) is 9.69 Å². The van der Waals surface area contributed by atoms with E-state index in [9.17, 15) is 4.79 Å². The Kier molecular flexibility index (Phi) is 4.73. The van der Waals surface area contributed by atoms with Crippen molar-refractivity contribution in [1.82, 2.24) is 19.9 Å². The first-order valence-corrected chi connectivity index (χ1v) is 7.99. The van der Waals surface area contributed by atoms with Gasteiger partial charge >= 0.3 is 0 Å². The summed E-state index contributed by atoms with van der Waals surface area (Å²) in [4.78, 5) is 20.5. The molecule has 0 spiro atoms. The normalized spacial score (nSPS) is 22.2. The maximum Gasteiger partial charge on any atom is 0.252 e. The first-order chi connectivity index (χ1) is 10.7. The summed E-state index contributed by atoms with van der Waals surface area (Å²) in [5, 5.41) is 4.01. The van der Waals surface area contributed by atoms with Gasteiger partial charge in [0.05, 0.1) is 6.54 Å². The summed E-state index contributed by atoms with van der Waals surface area (Å²) < 4.78 is 10.1. The molecule has 0 unspecified atom stereocenters. The van der Waals surface area contributed by atoms with Crippen LogP contribution in [0.5, 0.6) is 0 Å². The van der Waals surface area contributed by atoms with Gasteiger partial charge in [-0.05, 0) is 32.2 Å². The lowest BCUT2D eigenvalue weighted by molar-refractivity contribution is -0.130. The van der Waals surface area contributed by atoms with Gasteiger partial charge in [-0.1, -0.05) is 5.16 Å². The van der Waals surface area contributed by atoms with E-state index >= 15 is 0 Å². The molecular weight excluding hydrogens is 284 g/mol. The Balaban J connectivity index is 1.58. The zero-order valence-corrected chi connectivity index (χ0v) is 13.3. The van der Waals surface area contributed by atoms with Crippen LogP contribution in [0.4, 0.5) is 0 Å². The van der Waals surface area contributed by atoms with Crippen LogP contribution in [0.15, 0.2) is 4.52 Å². The van der Waals surface area contributed by atoms with Crippen molar-refractivity contribution in [1.29, 1.82) is 0 Å². The largest absolute Gasteiger partial charge is 0.375 e. The highest BCUT2D eigenvalue weighted by atomic mass is 16.5. The van der Waals surface area contributed by atoms with Gasteiger partial charge < -0.3 is 14.2 Å². The van der Waals surface area contributed by atoms with Crippen molar-refractivity contribution in [3.63, 3.8) is 0 Å². The molecule has 1 aliphatic heterocycles. The Hall–Kier alpha value is -1.47. The molecule has 0 bridgehead atoms. The van der Waals surface area contributed by atoms with Gasteiger partial charge in [-0.2, -0.15) is 4.98 Å². The fourth-order valence-electron chi connectivity index (χ4n) is 3.18. The van der Waals surface area contributed by atoms with E-state index < -0.39 is 0 Å². The van der Waals surface area contributed by atoms with E-state index in [1.807, 2.05) is 4.90 Å². The molecule has 2 heterocycles. The third kappa shape index (κ3) is 3.64. The van der Waals surface area contributed by atoms with Crippen LogP contribution in [0, 0.1) is 0 Å². The topological polar surface area (TPSA) is 71.7 Å². The van der Waals surface area contributed by atoms with Crippen molar-refractivity contribution < 1.29 is 14.1 Å². The Morgan fingerprint density at radius 2 is 2.27 bits per heavy atom. The van der Waals surface area contributed by atoms with Gasteiger partial charge in [0.25, 0.3) is 5.89 Å². The van der Waals surface area contributed by atoms with Crippen molar-refractivity contribution in [3.05, 3.63) is 11.7 Å². The molecule has 1 atom stereocenters. The molecule has 122 valence electrons. The third-order valence-corrected chi connectivity index (χ3v) is 4.42. The second kappa shape index (κ2) is 6.75. The van der Waals surface area contributed by atoms with Crippen LogP contribution < -0.4 is 0 Å². The highest BCUT2D eigenvalue weighted by molar-refractivity contribution is 5.74.